The Bertz CT molecular complexity index is 2880. The van der Waals surface area contributed by atoms with E-state index in [9.17, 15) is 0 Å². The zero-order valence-electron chi connectivity index (χ0n) is 27.6. The second-order valence-electron chi connectivity index (χ2n) is 12.8. The fourth-order valence-electron chi connectivity index (χ4n) is 7.45. The van der Waals surface area contributed by atoms with Gasteiger partial charge in [0.2, 0.25) is 5.95 Å². The average molecular weight is 651 g/mol. The maximum absolute atomic E-state index is 5.34. The summed E-state index contributed by atoms with van der Waals surface area (Å²) in [6, 6.07) is 63.9. The lowest BCUT2D eigenvalue weighted by Crippen LogP contribution is -2.07. The summed E-state index contributed by atoms with van der Waals surface area (Å²) in [5.41, 5.74) is 8.61. The predicted molar refractivity (Wildman–Crippen MR) is 211 cm³/mol. The number of benzene rings is 8. The van der Waals surface area contributed by atoms with E-state index in [1.165, 1.54) is 16.3 Å². The highest BCUT2D eigenvalue weighted by molar-refractivity contribution is 6.25. The number of hydrogen-bond acceptors (Lipinski definition) is 3. The van der Waals surface area contributed by atoms with Gasteiger partial charge >= 0.3 is 0 Å². The molecule has 0 bridgehead atoms. The molecular formula is C47H30N4. The molecule has 51 heavy (non-hydrogen) atoms. The Labute approximate surface area is 295 Å². The molecule has 0 spiro atoms. The molecule has 0 unspecified atom stereocenters. The van der Waals surface area contributed by atoms with Crippen molar-refractivity contribution in [2.24, 2.45) is 0 Å². The fraction of sp³-hybridized carbons (Fsp3) is 0. The summed E-state index contributed by atoms with van der Waals surface area (Å²) in [6.07, 6.45) is 0. The van der Waals surface area contributed by atoms with Gasteiger partial charge in [0.1, 0.15) is 0 Å². The molecule has 2 heterocycles. The van der Waals surface area contributed by atoms with Crippen LogP contribution in [0.2, 0.25) is 0 Å². The van der Waals surface area contributed by atoms with Crippen molar-refractivity contribution in [2.45, 2.75) is 0 Å². The largest absolute Gasteiger partial charge is 0.277 e. The van der Waals surface area contributed by atoms with Crippen molar-refractivity contribution in [3.8, 4) is 51.0 Å². The SMILES string of the molecule is c1ccc(-c2ccc(-c3nc(-c4ccccc4)nc(-n4c5c(-c6ccccc6)c6ccccc6cc5c5ccc6ccccc6c54)n3)cc2)cc1. The summed E-state index contributed by atoms with van der Waals surface area (Å²) in [6.45, 7) is 0. The molecule has 0 aliphatic rings. The number of nitrogens with zero attached hydrogens (tertiary/aromatic N) is 4. The van der Waals surface area contributed by atoms with E-state index < -0.39 is 0 Å². The highest BCUT2D eigenvalue weighted by Gasteiger charge is 2.23. The minimum atomic E-state index is 0.579. The Balaban J connectivity index is 1.34. The molecule has 2 aromatic heterocycles. The average Bonchev–Trinajstić information content (AvgIpc) is 3.55. The second kappa shape index (κ2) is 11.9. The van der Waals surface area contributed by atoms with Gasteiger partial charge in [0, 0.05) is 32.8 Å². The summed E-state index contributed by atoms with van der Waals surface area (Å²) in [7, 11) is 0. The molecule has 0 saturated carbocycles. The van der Waals surface area contributed by atoms with Crippen LogP contribution in [-0.2, 0) is 0 Å². The van der Waals surface area contributed by atoms with Gasteiger partial charge in [0.05, 0.1) is 11.0 Å². The molecule has 0 saturated heterocycles. The molecule has 4 heteroatoms. The Kier molecular flexibility index (Phi) is 6.78. The number of fused-ring (bicyclic) bond motifs is 6. The van der Waals surface area contributed by atoms with E-state index in [4.69, 9.17) is 15.0 Å². The Hall–Kier alpha value is -6.91. The lowest BCUT2D eigenvalue weighted by molar-refractivity contribution is 0.956. The molecule has 0 fully saturated rings. The quantitative estimate of drug-likeness (QED) is 0.186. The Morgan fingerprint density at radius 1 is 0.314 bits per heavy atom. The third kappa shape index (κ3) is 4.88. The van der Waals surface area contributed by atoms with Gasteiger partial charge in [-0.05, 0) is 38.9 Å². The molecule has 10 aromatic rings. The van der Waals surface area contributed by atoms with Gasteiger partial charge in [-0.1, -0.05) is 176 Å². The molecule has 4 nitrogen and oxygen atoms in total. The highest BCUT2D eigenvalue weighted by Crippen LogP contribution is 2.44. The monoisotopic (exact) mass is 650 g/mol. The van der Waals surface area contributed by atoms with E-state index in [0.29, 0.717) is 17.6 Å². The van der Waals surface area contributed by atoms with Gasteiger partial charge in [-0.2, -0.15) is 9.97 Å². The molecule has 10 rings (SSSR count). The molecule has 8 aromatic carbocycles. The van der Waals surface area contributed by atoms with Crippen LogP contribution in [0.25, 0.3) is 94.3 Å². The van der Waals surface area contributed by atoms with Gasteiger partial charge in [0.25, 0.3) is 0 Å². The van der Waals surface area contributed by atoms with Crippen LogP contribution in [0.3, 0.4) is 0 Å². The van der Waals surface area contributed by atoms with Crippen LogP contribution in [0.1, 0.15) is 0 Å². The first-order valence-corrected chi connectivity index (χ1v) is 17.2. The first-order chi connectivity index (χ1) is 25.3. The van der Waals surface area contributed by atoms with Crippen LogP contribution in [0.5, 0.6) is 0 Å². The predicted octanol–water partition coefficient (Wildman–Crippen LogP) is 11.9. The number of rotatable bonds is 5. The van der Waals surface area contributed by atoms with Gasteiger partial charge < -0.3 is 0 Å². The number of hydrogen-bond donors (Lipinski definition) is 0. The summed E-state index contributed by atoms with van der Waals surface area (Å²) in [5, 5.41) is 6.99. The van der Waals surface area contributed by atoms with Crippen molar-refractivity contribution < 1.29 is 0 Å². The lowest BCUT2D eigenvalue weighted by Gasteiger charge is -2.15. The molecule has 0 radical (unpaired) electrons. The third-order valence-electron chi connectivity index (χ3n) is 9.83. The maximum Gasteiger partial charge on any atom is 0.238 e. The van der Waals surface area contributed by atoms with Crippen molar-refractivity contribution in [1.82, 2.24) is 19.5 Å². The van der Waals surface area contributed by atoms with Crippen molar-refractivity contribution in [3.63, 3.8) is 0 Å². The van der Waals surface area contributed by atoms with Crippen molar-refractivity contribution in [2.75, 3.05) is 0 Å². The summed E-state index contributed by atoms with van der Waals surface area (Å²) < 4.78 is 2.29. The van der Waals surface area contributed by atoms with Gasteiger partial charge in [-0.25, -0.2) is 4.98 Å². The zero-order chi connectivity index (χ0) is 33.7. The zero-order valence-corrected chi connectivity index (χ0v) is 27.6. The molecule has 0 aliphatic carbocycles. The van der Waals surface area contributed by atoms with Gasteiger partial charge in [-0.3, -0.25) is 4.57 Å². The highest BCUT2D eigenvalue weighted by atomic mass is 15.2. The summed E-state index contributed by atoms with van der Waals surface area (Å²) in [5.74, 6) is 1.82. The molecule has 0 atom stereocenters. The van der Waals surface area contributed by atoms with E-state index in [0.717, 1.165) is 60.4 Å². The molecule has 0 amide bonds. The Morgan fingerprint density at radius 3 is 1.51 bits per heavy atom. The lowest BCUT2D eigenvalue weighted by atomic mass is 9.94. The van der Waals surface area contributed by atoms with E-state index in [-0.39, 0.29) is 0 Å². The van der Waals surface area contributed by atoms with Crippen LogP contribution in [0.4, 0.5) is 0 Å². The van der Waals surface area contributed by atoms with E-state index in [1.807, 2.05) is 24.3 Å². The van der Waals surface area contributed by atoms with Crippen LogP contribution in [-0.4, -0.2) is 19.5 Å². The van der Waals surface area contributed by atoms with Crippen LogP contribution in [0, 0.1) is 0 Å². The first kappa shape index (κ1) is 29.0. The van der Waals surface area contributed by atoms with Crippen LogP contribution in [0.15, 0.2) is 182 Å². The molecular weight excluding hydrogens is 621 g/mol. The van der Waals surface area contributed by atoms with Gasteiger partial charge in [0.15, 0.2) is 11.6 Å². The molecule has 0 aliphatic heterocycles. The van der Waals surface area contributed by atoms with Crippen molar-refractivity contribution in [3.05, 3.63) is 182 Å². The third-order valence-corrected chi connectivity index (χ3v) is 9.83. The van der Waals surface area contributed by atoms with Crippen molar-refractivity contribution >= 4 is 43.4 Å². The van der Waals surface area contributed by atoms with E-state index in [2.05, 4.69) is 162 Å². The molecule has 0 N–H and O–H groups in total. The van der Waals surface area contributed by atoms with E-state index in [1.54, 1.807) is 0 Å². The topological polar surface area (TPSA) is 43.6 Å². The Morgan fingerprint density at radius 2 is 0.824 bits per heavy atom. The minimum absolute atomic E-state index is 0.579. The van der Waals surface area contributed by atoms with E-state index >= 15 is 0 Å². The molecule has 238 valence electrons. The summed E-state index contributed by atoms with van der Waals surface area (Å²) in [4.78, 5) is 15.7. The normalized spacial score (nSPS) is 11.5. The van der Waals surface area contributed by atoms with Crippen LogP contribution < -0.4 is 0 Å². The second-order valence-corrected chi connectivity index (χ2v) is 12.8. The maximum atomic E-state index is 5.34. The van der Waals surface area contributed by atoms with Gasteiger partial charge in [-0.15, -0.1) is 0 Å². The van der Waals surface area contributed by atoms with Crippen LogP contribution >= 0.6 is 0 Å². The number of aromatic nitrogens is 4. The van der Waals surface area contributed by atoms with Crippen molar-refractivity contribution in [1.29, 1.82) is 0 Å². The minimum Gasteiger partial charge on any atom is -0.277 e. The summed E-state index contributed by atoms with van der Waals surface area (Å²) >= 11 is 0. The first-order valence-electron chi connectivity index (χ1n) is 17.2. The fourth-order valence-corrected chi connectivity index (χ4v) is 7.45. The smallest absolute Gasteiger partial charge is 0.238 e. The standard InChI is InChI=1S/C47H30N4/c1-4-14-31(15-5-1)32-24-26-36(27-25-32)46-48-45(35-19-8-3-9-20-35)49-47(50-46)51-43-39-23-13-10-16-33(39)28-29-40(43)41-30-37-21-11-12-22-38(37)42(44(41)51)34-17-6-2-7-18-34/h1-30H.